The van der Waals surface area contributed by atoms with Gasteiger partial charge in [0.1, 0.15) is 11.4 Å². The second kappa shape index (κ2) is 8.46. The molecular weight excluding hydrogens is 354 g/mol. The van der Waals surface area contributed by atoms with Gasteiger partial charge < -0.3 is 19.9 Å². The molecule has 2 aliphatic rings. The molecule has 0 radical (unpaired) electrons. The van der Waals surface area contributed by atoms with Crippen LogP contribution in [0, 0.1) is 0 Å². The number of carbonyl (C=O) groups is 1. The molecule has 1 saturated heterocycles. The lowest BCUT2D eigenvalue weighted by atomic mass is 10.2. The number of piperazine rings is 1. The van der Waals surface area contributed by atoms with Crippen LogP contribution in [0.3, 0.4) is 0 Å². The van der Waals surface area contributed by atoms with Crippen LogP contribution < -0.4 is 19.9 Å². The van der Waals surface area contributed by atoms with E-state index in [0.29, 0.717) is 11.6 Å². The van der Waals surface area contributed by atoms with Gasteiger partial charge in [0.25, 0.3) is 5.91 Å². The molecule has 7 heteroatoms. The van der Waals surface area contributed by atoms with Crippen LogP contribution >= 0.6 is 0 Å². The fourth-order valence-corrected chi connectivity index (χ4v) is 4.00. The van der Waals surface area contributed by atoms with E-state index in [2.05, 4.69) is 31.2 Å². The van der Waals surface area contributed by atoms with Crippen LogP contribution in [0.15, 0.2) is 36.5 Å². The highest BCUT2D eigenvalue weighted by Crippen LogP contribution is 2.28. The zero-order chi connectivity index (χ0) is 19.3. The molecule has 2 aromatic rings. The SMILES string of the molecule is COc1ccccc1N1CCN(c2nccc(C(=O)NC3CCCC3)n2)CC1. The van der Waals surface area contributed by atoms with E-state index in [0.717, 1.165) is 50.5 Å². The predicted molar refractivity (Wildman–Crippen MR) is 109 cm³/mol. The van der Waals surface area contributed by atoms with Crippen molar-refractivity contribution in [3.8, 4) is 5.75 Å². The van der Waals surface area contributed by atoms with Crippen LogP contribution in [-0.4, -0.2) is 55.2 Å². The normalized spacial score (nSPS) is 17.6. The number of nitrogens with one attached hydrogen (secondary N) is 1. The Kier molecular flexibility index (Phi) is 5.60. The molecule has 4 rings (SSSR count). The number of aromatic nitrogens is 2. The Morgan fingerprint density at radius 1 is 1.07 bits per heavy atom. The van der Waals surface area contributed by atoms with Gasteiger partial charge in [-0.3, -0.25) is 4.79 Å². The summed E-state index contributed by atoms with van der Waals surface area (Å²) in [5, 5.41) is 3.10. The summed E-state index contributed by atoms with van der Waals surface area (Å²) < 4.78 is 5.48. The van der Waals surface area contributed by atoms with Gasteiger partial charge >= 0.3 is 0 Å². The smallest absolute Gasteiger partial charge is 0.270 e. The standard InChI is InChI=1S/C21H27N5O2/c1-28-19-9-5-4-8-18(19)25-12-14-26(15-13-25)21-22-11-10-17(24-21)20(27)23-16-6-2-3-7-16/h4-5,8-11,16H,2-3,6-7,12-15H2,1H3,(H,23,27). The molecule has 1 amide bonds. The number of para-hydroxylation sites is 2. The summed E-state index contributed by atoms with van der Waals surface area (Å²) >= 11 is 0. The van der Waals surface area contributed by atoms with Crippen molar-refractivity contribution in [2.45, 2.75) is 31.7 Å². The Hall–Kier alpha value is -2.83. The highest BCUT2D eigenvalue weighted by molar-refractivity contribution is 5.92. The van der Waals surface area contributed by atoms with Crippen LogP contribution in [0.2, 0.25) is 0 Å². The summed E-state index contributed by atoms with van der Waals surface area (Å²) in [7, 11) is 1.70. The molecule has 1 saturated carbocycles. The van der Waals surface area contributed by atoms with Gasteiger partial charge in [0.15, 0.2) is 0 Å². The van der Waals surface area contributed by atoms with Crippen molar-refractivity contribution >= 4 is 17.5 Å². The molecule has 148 valence electrons. The van der Waals surface area contributed by atoms with Gasteiger partial charge in [-0.2, -0.15) is 0 Å². The molecule has 28 heavy (non-hydrogen) atoms. The van der Waals surface area contributed by atoms with Crippen molar-refractivity contribution in [1.82, 2.24) is 15.3 Å². The number of rotatable bonds is 5. The number of hydrogen-bond donors (Lipinski definition) is 1. The van der Waals surface area contributed by atoms with Crippen molar-refractivity contribution in [3.05, 3.63) is 42.2 Å². The summed E-state index contributed by atoms with van der Waals surface area (Å²) in [6, 6.07) is 10.1. The van der Waals surface area contributed by atoms with Gasteiger partial charge in [-0.25, -0.2) is 9.97 Å². The zero-order valence-corrected chi connectivity index (χ0v) is 16.3. The van der Waals surface area contributed by atoms with Gasteiger partial charge in [-0.15, -0.1) is 0 Å². The first-order chi connectivity index (χ1) is 13.7. The first-order valence-corrected chi connectivity index (χ1v) is 10.0. The molecule has 7 nitrogen and oxygen atoms in total. The number of carbonyl (C=O) groups excluding carboxylic acids is 1. The lowest BCUT2D eigenvalue weighted by Gasteiger charge is -2.36. The minimum Gasteiger partial charge on any atom is -0.495 e. The summed E-state index contributed by atoms with van der Waals surface area (Å²) in [5.74, 6) is 1.42. The lowest BCUT2D eigenvalue weighted by molar-refractivity contribution is 0.0932. The molecule has 1 aromatic heterocycles. The Bertz CT molecular complexity index is 814. The Morgan fingerprint density at radius 3 is 2.54 bits per heavy atom. The molecule has 0 unspecified atom stereocenters. The van der Waals surface area contributed by atoms with Crippen LogP contribution in [0.25, 0.3) is 0 Å². The third-order valence-electron chi connectivity index (χ3n) is 5.55. The van der Waals surface area contributed by atoms with Crippen LogP contribution in [0.4, 0.5) is 11.6 Å². The fourth-order valence-electron chi connectivity index (χ4n) is 4.00. The number of ether oxygens (including phenoxy) is 1. The average molecular weight is 381 g/mol. The Labute approximate surface area is 165 Å². The molecule has 0 spiro atoms. The lowest BCUT2D eigenvalue weighted by Crippen LogP contribution is -2.47. The number of methoxy groups -OCH3 is 1. The average Bonchev–Trinajstić information content (AvgIpc) is 3.27. The quantitative estimate of drug-likeness (QED) is 0.858. The van der Waals surface area contributed by atoms with Gasteiger partial charge in [-0.05, 0) is 31.0 Å². The monoisotopic (exact) mass is 381 g/mol. The van der Waals surface area contributed by atoms with Gasteiger partial charge in [0.05, 0.1) is 12.8 Å². The van der Waals surface area contributed by atoms with Crippen molar-refractivity contribution in [2.24, 2.45) is 0 Å². The number of anilines is 2. The van der Waals surface area contributed by atoms with Crippen molar-refractivity contribution in [2.75, 3.05) is 43.1 Å². The highest BCUT2D eigenvalue weighted by Gasteiger charge is 2.23. The molecular formula is C21H27N5O2. The summed E-state index contributed by atoms with van der Waals surface area (Å²) in [4.78, 5) is 25.9. The number of benzene rings is 1. The Morgan fingerprint density at radius 2 is 1.79 bits per heavy atom. The van der Waals surface area contributed by atoms with E-state index in [4.69, 9.17) is 4.74 Å². The van der Waals surface area contributed by atoms with E-state index >= 15 is 0 Å². The number of nitrogens with zero attached hydrogens (tertiary/aromatic N) is 4. The van der Waals surface area contributed by atoms with Crippen molar-refractivity contribution in [1.29, 1.82) is 0 Å². The third kappa shape index (κ3) is 4.03. The van der Waals surface area contributed by atoms with E-state index in [1.165, 1.54) is 12.8 Å². The van der Waals surface area contributed by atoms with Gasteiger partial charge in [0.2, 0.25) is 5.95 Å². The maximum atomic E-state index is 12.5. The zero-order valence-electron chi connectivity index (χ0n) is 16.3. The van der Waals surface area contributed by atoms with E-state index in [1.54, 1.807) is 19.4 Å². The van der Waals surface area contributed by atoms with Gasteiger partial charge in [-0.1, -0.05) is 25.0 Å². The molecule has 0 bridgehead atoms. The molecule has 1 aromatic carbocycles. The van der Waals surface area contributed by atoms with Crippen LogP contribution in [0.5, 0.6) is 5.75 Å². The molecule has 0 atom stereocenters. The van der Waals surface area contributed by atoms with E-state index in [1.807, 2.05) is 18.2 Å². The molecule has 1 aliphatic carbocycles. The van der Waals surface area contributed by atoms with Crippen molar-refractivity contribution < 1.29 is 9.53 Å². The highest BCUT2D eigenvalue weighted by atomic mass is 16.5. The number of hydrogen-bond acceptors (Lipinski definition) is 6. The van der Waals surface area contributed by atoms with E-state index in [9.17, 15) is 4.79 Å². The molecule has 1 N–H and O–H groups in total. The Balaban J connectivity index is 1.40. The largest absolute Gasteiger partial charge is 0.495 e. The summed E-state index contributed by atoms with van der Waals surface area (Å²) in [6.45, 7) is 3.29. The first-order valence-electron chi connectivity index (χ1n) is 10.0. The maximum Gasteiger partial charge on any atom is 0.270 e. The van der Waals surface area contributed by atoms with E-state index < -0.39 is 0 Å². The summed E-state index contributed by atoms with van der Waals surface area (Å²) in [6.07, 6.45) is 6.19. The second-order valence-corrected chi connectivity index (χ2v) is 7.34. The minimum atomic E-state index is -0.0943. The van der Waals surface area contributed by atoms with E-state index in [-0.39, 0.29) is 11.9 Å². The van der Waals surface area contributed by atoms with Crippen LogP contribution in [0.1, 0.15) is 36.2 Å². The molecule has 2 fully saturated rings. The fraction of sp³-hybridized carbons (Fsp3) is 0.476. The third-order valence-corrected chi connectivity index (χ3v) is 5.55. The van der Waals surface area contributed by atoms with Crippen molar-refractivity contribution in [3.63, 3.8) is 0 Å². The topological polar surface area (TPSA) is 70.6 Å². The maximum absolute atomic E-state index is 12.5. The first kappa shape index (κ1) is 18.5. The van der Waals surface area contributed by atoms with Gasteiger partial charge in [0, 0.05) is 38.4 Å². The predicted octanol–water partition coefficient (Wildman–Crippen LogP) is 2.48. The molecule has 2 heterocycles. The van der Waals surface area contributed by atoms with Crippen LogP contribution in [-0.2, 0) is 0 Å². The second-order valence-electron chi connectivity index (χ2n) is 7.34. The minimum absolute atomic E-state index is 0.0943. The number of amides is 1. The molecule has 1 aliphatic heterocycles. The summed E-state index contributed by atoms with van der Waals surface area (Å²) in [5.41, 5.74) is 1.55.